The lowest BCUT2D eigenvalue weighted by atomic mass is 9.92. The Bertz CT molecular complexity index is 1410. The third-order valence-corrected chi connectivity index (χ3v) is 6.68. The van der Waals surface area contributed by atoms with Crippen molar-refractivity contribution in [2.24, 2.45) is 24.1 Å². The van der Waals surface area contributed by atoms with Crippen molar-refractivity contribution < 1.29 is 14.5 Å². The minimum Gasteiger partial charge on any atom is -0.856 e. The zero-order valence-electron chi connectivity index (χ0n) is 20.9. The molecule has 0 fully saturated rings. The van der Waals surface area contributed by atoms with Crippen LogP contribution in [0.4, 0.5) is 0 Å². The number of aromatic nitrogens is 2. The number of carbonyl (C=O) groups is 1. The number of halogens is 2. The number of nitrogens with zero attached hydrogens (tertiary/aromatic N) is 6. The summed E-state index contributed by atoms with van der Waals surface area (Å²) in [5.74, 6) is 0.165. The summed E-state index contributed by atoms with van der Waals surface area (Å²) in [7, 11) is 7.16. The summed E-state index contributed by atoms with van der Waals surface area (Å²) in [6.07, 6.45) is 14.2. The molecule has 0 aromatic carbocycles. The molecule has 0 N–H and O–H groups in total. The van der Waals surface area contributed by atoms with Gasteiger partial charge < -0.3 is 14.9 Å². The molecule has 3 aliphatic rings. The van der Waals surface area contributed by atoms with Crippen molar-refractivity contribution in [2.75, 3.05) is 14.1 Å². The quantitative estimate of drug-likeness (QED) is 0.439. The van der Waals surface area contributed by atoms with Crippen molar-refractivity contribution >= 4 is 40.5 Å². The van der Waals surface area contributed by atoms with Crippen molar-refractivity contribution in [2.45, 2.75) is 13.8 Å². The molecule has 0 radical (unpaired) electrons. The van der Waals surface area contributed by atoms with Crippen LogP contribution in [0.2, 0.25) is 0 Å². The molecule has 0 atom stereocenters. The van der Waals surface area contributed by atoms with Crippen LogP contribution >= 0.6 is 23.2 Å². The number of allylic oxidation sites excluding steroid dienone is 10. The highest BCUT2D eigenvalue weighted by Gasteiger charge is 2.24. The summed E-state index contributed by atoms with van der Waals surface area (Å²) in [6, 6.07) is 0. The summed E-state index contributed by atoms with van der Waals surface area (Å²) < 4.78 is 3.43. The Balaban J connectivity index is 1.68. The molecule has 0 saturated heterocycles. The van der Waals surface area contributed by atoms with Gasteiger partial charge >= 0.3 is 11.7 Å². The van der Waals surface area contributed by atoms with Gasteiger partial charge in [-0.2, -0.15) is 0 Å². The minimum atomic E-state index is -0.368. The number of amides is 1. The average Bonchev–Trinajstić information content (AvgIpc) is 3.32. The van der Waals surface area contributed by atoms with Gasteiger partial charge in [0.25, 0.3) is 0 Å². The molecule has 2 heterocycles. The lowest BCUT2D eigenvalue weighted by molar-refractivity contribution is -0.672. The van der Waals surface area contributed by atoms with E-state index in [0.717, 1.165) is 11.1 Å². The molecule has 0 saturated carbocycles. The highest BCUT2D eigenvalue weighted by molar-refractivity contribution is 6.38. The van der Waals surface area contributed by atoms with Crippen molar-refractivity contribution in [1.82, 2.24) is 14.4 Å². The second kappa shape index (κ2) is 9.79. The monoisotopic (exact) mass is 524 g/mol. The lowest BCUT2D eigenvalue weighted by Gasteiger charge is -2.24. The molecular weight excluding hydrogens is 499 g/mol. The molecule has 1 aromatic rings. The Morgan fingerprint density at radius 2 is 1.39 bits per heavy atom. The predicted molar refractivity (Wildman–Crippen MR) is 140 cm³/mol. The zero-order valence-corrected chi connectivity index (χ0v) is 22.4. The fourth-order valence-corrected chi connectivity index (χ4v) is 4.62. The van der Waals surface area contributed by atoms with Crippen LogP contribution in [-0.2, 0) is 14.1 Å². The molecule has 1 aliphatic heterocycles. The van der Waals surface area contributed by atoms with E-state index in [2.05, 4.69) is 9.98 Å². The number of imidazole rings is 1. The third kappa shape index (κ3) is 4.74. The first-order valence-electron chi connectivity index (χ1n) is 11.1. The van der Waals surface area contributed by atoms with E-state index in [1.54, 1.807) is 84.1 Å². The Kier molecular flexibility index (Phi) is 6.93. The Hall–Kier alpha value is -3.62. The van der Waals surface area contributed by atoms with Gasteiger partial charge in [0.1, 0.15) is 18.2 Å². The summed E-state index contributed by atoms with van der Waals surface area (Å²) in [4.78, 5) is 24.8. The first-order valence-corrected chi connectivity index (χ1v) is 11.9. The maximum atomic E-state index is 12.8. The van der Waals surface area contributed by atoms with Crippen LogP contribution in [0, 0.1) is 0 Å². The van der Waals surface area contributed by atoms with Crippen LogP contribution in [0.5, 0.6) is 0 Å². The summed E-state index contributed by atoms with van der Waals surface area (Å²) in [5, 5.41) is 13.6. The molecule has 10 heteroatoms. The molecular formula is C26H26Cl2N6O2. The van der Waals surface area contributed by atoms with E-state index in [-0.39, 0.29) is 11.8 Å². The molecule has 1 aromatic heterocycles. The molecule has 36 heavy (non-hydrogen) atoms. The van der Waals surface area contributed by atoms with E-state index in [1.165, 1.54) is 0 Å². The van der Waals surface area contributed by atoms with Crippen LogP contribution in [0.25, 0.3) is 0 Å². The van der Waals surface area contributed by atoms with Crippen molar-refractivity contribution in [3.63, 3.8) is 0 Å². The van der Waals surface area contributed by atoms with Gasteiger partial charge in [-0.05, 0) is 49.3 Å². The molecule has 1 amide bonds. The number of hydrogen-bond donors (Lipinski definition) is 0. The van der Waals surface area contributed by atoms with Crippen molar-refractivity contribution in [3.05, 3.63) is 99.0 Å². The molecule has 4 rings (SSSR count). The summed E-state index contributed by atoms with van der Waals surface area (Å²) >= 11 is 13.3. The third-order valence-electron chi connectivity index (χ3n) is 6.05. The largest absolute Gasteiger partial charge is 0.856 e. The number of hydrogen-bond acceptors (Lipinski definition) is 5. The minimum absolute atomic E-state index is 0.368. The van der Waals surface area contributed by atoms with E-state index in [9.17, 15) is 9.90 Å². The van der Waals surface area contributed by atoms with Crippen LogP contribution in [0.3, 0.4) is 0 Å². The number of aliphatic imine (C=N–C) groups is 2. The highest BCUT2D eigenvalue weighted by Crippen LogP contribution is 2.35. The molecule has 0 bridgehead atoms. The highest BCUT2D eigenvalue weighted by atomic mass is 35.5. The molecule has 8 nitrogen and oxygen atoms in total. The van der Waals surface area contributed by atoms with Gasteiger partial charge in [0.2, 0.25) is 0 Å². The van der Waals surface area contributed by atoms with Gasteiger partial charge in [-0.15, -0.1) is 0 Å². The first kappa shape index (κ1) is 25.5. The zero-order chi connectivity index (χ0) is 26.3. The lowest BCUT2D eigenvalue weighted by Crippen LogP contribution is -2.34. The maximum absolute atomic E-state index is 12.8. The van der Waals surface area contributed by atoms with Crippen LogP contribution in [0.15, 0.2) is 103 Å². The number of aryl methyl sites for hydroxylation is 2. The number of rotatable bonds is 2. The van der Waals surface area contributed by atoms with E-state index < -0.39 is 0 Å². The van der Waals surface area contributed by atoms with E-state index in [4.69, 9.17) is 23.2 Å². The predicted octanol–water partition coefficient (Wildman–Crippen LogP) is 3.17. The van der Waals surface area contributed by atoms with E-state index in [0.29, 0.717) is 44.3 Å². The van der Waals surface area contributed by atoms with Crippen LogP contribution in [-0.4, -0.2) is 45.8 Å². The second-order valence-electron chi connectivity index (χ2n) is 8.76. The first-order chi connectivity index (χ1) is 17.0. The van der Waals surface area contributed by atoms with Gasteiger partial charge in [0.05, 0.1) is 35.6 Å². The average molecular weight is 525 g/mol. The Labute approximate surface area is 220 Å². The van der Waals surface area contributed by atoms with Crippen molar-refractivity contribution in [1.29, 1.82) is 0 Å². The molecule has 186 valence electrons. The number of carbonyl (C=O) groups excluding carboxylic acids is 1. The van der Waals surface area contributed by atoms with Gasteiger partial charge in [0.15, 0.2) is 0 Å². The van der Waals surface area contributed by atoms with Crippen molar-refractivity contribution in [3.8, 4) is 0 Å². The van der Waals surface area contributed by atoms with Crippen LogP contribution in [0.1, 0.15) is 24.5 Å². The smallest absolute Gasteiger partial charge is 0.360 e. The normalized spacial score (nSPS) is 22.3. The van der Waals surface area contributed by atoms with Crippen LogP contribution < -0.4 is 9.67 Å². The SMILES string of the molecule is CC1=C/C(=C2C=C(C)/C(=N/C([O-])=C3N(C)C=CN3C)C=C\2Cl)C(Cl)=CC1=NC(=O)c1n(C)cc[n+]1C. The standard InChI is InChI=1S/C26H26Cl2N6O2/c1-15-11-17(19(27)13-21(15)29-23(35)25-31(3)7-8-32(25)4)18-12-16(2)22(14-20(18)28)30-24(36)26-33(5)9-10-34(26)6/h7-14H,1-6H3/b18-17-,29-21+,30-22?. The fourth-order valence-electron chi connectivity index (χ4n) is 4.10. The van der Waals surface area contributed by atoms with Gasteiger partial charge in [0, 0.05) is 43.5 Å². The summed E-state index contributed by atoms with van der Waals surface area (Å²) in [5.41, 5.74) is 3.91. The van der Waals surface area contributed by atoms with Gasteiger partial charge in [-0.3, -0.25) is 9.79 Å². The maximum Gasteiger partial charge on any atom is 0.360 e. The Morgan fingerprint density at radius 3 is 1.86 bits per heavy atom. The van der Waals surface area contributed by atoms with Gasteiger partial charge in [-0.25, -0.2) is 14.1 Å². The Morgan fingerprint density at radius 1 is 0.889 bits per heavy atom. The molecule has 0 unspecified atom stereocenters. The molecule has 0 spiro atoms. The van der Waals surface area contributed by atoms with E-state index in [1.807, 2.05) is 26.0 Å². The van der Waals surface area contributed by atoms with Gasteiger partial charge in [-0.1, -0.05) is 23.2 Å². The van der Waals surface area contributed by atoms with E-state index >= 15 is 0 Å². The molecule has 2 aliphatic carbocycles. The summed E-state index contributed by atoms with van der Waals surface area (Å²) in [6.45, 7) is 3.72. The topological polar surface area (TPSA) is 80.1 Å². The second-order valence-corrected chi connectivity index (χ2v) is 9.57. The fraction of sp³-hybridized carbons (Fsp3) is 0.231.